The van der Waals surface area contributed by atoms with Crippen LogP contribution in [0.15, 0.2) is 66.7 Å². The van der Waals surface area contributed by atoms with E-state index in [1.807, 2.05) is 24.3 Å². The summed E-state index contributed by atoms with van der Waals surface area (Å²) in [5.74, 6) is 2.51. The van der Waals surface area contributed by atoms with Crippen LogP contribution in [0.5, 0.6) is 17.2 Å². The molecule has 3 aromatic rings. The second kappa shape index (κ2) is 9.23. The van der Waals surface area contributed by atoms with Crippen LogP contribution in [0.25, 0.3) is 0 Å². The van der Waals surface area contributed by atoms with Crippen molar-refractivity contribution < 1.29 is 14.2 Å². The van der Waals surface area contributed by atoms with E-state index >= 15 is 0 Å². The molecule has 0 saturated carbocycles. The van der Waals surface area contributed by atoms with Gasteiger partial charge in [0, 0.05) is 19.1 Å². The summed E-state index contributed by atoms with van der Waals surface area (Å²) >= 11 is 0. The lowest BCUT2D eigenvalue weighted by molar-refractivity contribution is 0.191. The van der Waals surface area contributed by atoms with Crippen LogP contribution in [0.2, 0.25) is 0 Å². The highest BCUT2D eigenvalue weighted by molar-refractivity contribution is 5.48. The number of hydrogen-bond donors (Lipinski definition) is 0. The van der Waals surface area contributed by atoms with Crippen molar-refractivity contribution in [1.29, 1.82) is 0 Å². The molecule has 30 heavy (non-hydrogen) atoms. The van der Waals surface area contributed by atoms with Crippen LogP contribution in [0.4, 0.5) is 0 Å². The molecule has 0 spiro atoms. The van der Waals surface area contributed by atoms with Crippen LogP contribution < -0.4 is 14.2 Å². The van der Waals surface area contributed by atoms with Crippen LogP contribution in [-0.4, -0.2) is 25.7 Å². The molecule has 0 bridgehead atoms. The van der Waals surface area contributed by atoms with E-state index in [9.17, 15) is 0 Å². The zero-order chi connectivity index (χ0) is 20.9. The lowest BCUT2D eigenvalue weighted by Crippen LogP contribution is -2.33. The fourth-order valence-corrected chi connectivity index (χ4v) is 4.05. The van der Waals surface area contributed by atoms with Gasteiger partial charge in [0.1, 0.15) is 12.4 Å². The van der Waals surface area contributed by atoms with Crippen molar-refractivity contribution in [1.82, 2.24) is 4.90 Å². The Morgan fingerprint density at radius 2 is 1.60 bits per heavy atom. The highest BCUT2D eigenvalue weighted by atomic mass is 16.5. The lowest BCUT2D eigenvalue weighted by Gasteiger charge is -2.34. The molecule has 4 nitrogen and oxygen atoms in total. The van der Waals surface area contributed by atoms with Crippen LogP contribution in [0.1, 0.15) is 35.2 Å². The Labute approximate surface area is 179 Å². The molecule has 1 aliphatic heterocycles. The van der Waals surface area contributed by atoms with Gasteiger partial charge in [-0.25, -0.2) is 0 Å². The molecule has 1 aliphatic rings. The molecular weight excluding hydrogens is 374 g/mol. The Morgan fingerprint density at radius 1 is 0.867 bits per heavy atom. The minimum Gasteiger partial charge on any atom is -0.493 e. The molecule has 4 heteroatoms. The van der Waals surface area contributed by atoms with E-state index in [1.54, 1.807) is 14.2 Å². The molecule has 0 radical (unpaired) electrons. The first-order chi connectivity index (χ1) is 14.7. The zero-order valence-corrected chi connectivity index (χ0v) is 17.9. The largest absolute Gasteiger partial charge is 0.493 e. The van der Waals surface area contributed by atoms with Crippen molar-refractivity contribution in [3.8, 4) is 17.2 Å². The van der Waals surface area contributed by atoms with E-state index in [0.717, 1.165) is 36.8 Å². The first-order valence-corrected chi connectivity index (χ1v) is 10.4. The summed E-state index contributed by atoms with van der Waals surface area (Å²) in [5.41, 5.74) is 5.09. The molecule has 1 atom stereocenters. The summed E-state index contributed by atoms with van der Waals surface area (Å²) in [4.78, 5) is 2.50. The molecule has 156 valence electrons. The van der Waals surface area contributed by atoms with Crippen molar-refractivity contribution in [2.24, 2.45) is 0 Å². The minimum atomic E-state index is 0.298. The highest BCUT2D eigenvalue weighted by Gasteiger charge is 2.24. The Hall–Kier alpha value is -2.98. The summed E-state index contributed by atoms with van der Waals surface area (Å²) < 4.78 is 17.0. The standard InChI is InChI=1S/C26H29NO3/c1-19(21-10-7-11-24(14-21)30-18-20-8-5-4-6-9-20)27-13-12-22-15-25(28-2)26(29-3)16-23(22)17-27/h4-11,14-16,19H,12-13,17-18H2,1-3H3. The van der Waals surface area contributed by atoms with Gasteiger partial charge in [0.05, 0.1) is 14.2 Å². The van der Waals surface area contributed by atoms with Crippen molar-refractivity contribution in [2.45, 2.75) is 32.5 Å². The zero-order valence-electron chi connectivity index (χ0n) is 17.9. The highest BCUT2D eigenvalue weighted by Crippen LogP contribution is 2.35. The van der Waals surface area contributed by atoms with Crippen LogP contribution in [0.3, 0.4) is 0 Å². The van der Waals surface area contributed by atoms with Gasteiger partial charge in [0.25, 0.3) is 0 Å². The van der Waals surface area contributed by atoms with Gasteiger partial charge in [-0.1, -0.05) is 42.5 Å². The predicted molar refractivity (Wildman–Crippen MR) is 119 cm³/mol. The van der Waals surface area contributed by atoms with Gasteiger partial charge < -0.3 is 14.2 Å². The molecule has 4 rings (SSSR count). The van der Waals surface area contributed by atoms with E-state index in [1.165, 1.54) is 22.3 Å². The number of nitrogens with zero attached hydrogens (tertiary/aromatic N) is 1. The fourth-order valence-electron chi connectivity index (χ4n) is 4.05. The maximum atomic E-state index is 6.03. The Morgan fingerprint density at radius 3 is 2.33 bits per heavy atom. The Kier molecular flexibility index (Phi) is 6.24. The van der Waals surface area contributed by atoms with E-state index in [4.69, 9.17) is 14.2 Å². The van der Waals surface area contributed by atoms with E-state index in [-0.39, 0.29) is 0 Å². The van der Waals surface area contributed by atoms with Crippen LogP contribution in [-0.2, 0) is 19.6 Å². The van der Waals surface area contributed by atoms with E-state index in [0.29, 0.717) is 12.6 Å². The number of methoxy groups -OCH3 is 2. The Balaban J connectivity index is 1.46. The van der Waals surface area contributed by atoms with Gasteiger partial charge >= 0.3 is 0 Å². The average molecular weight is 404 g/mol. The number of benzene rings is 3. The molecule has 0 aliphatic carbocycles. The van der Waals surface area contributed by atoms with Gasteiger partial charge in [0.2, 0.25) is 0 Å². The van der Waals surface area contributed by atoms with Crippen molar-refractivity contribution in [3.63, 3.8) is 0 Å². The summed E-state index contributed by atoms with van der Waals surface area (Å²) in [6, 6.07) is 23.3. The average Bonchev–Trinajstić information content (AvgIpc) is 2.81. The molecule has 0 saturated heterocycles. The lowest BCUT2D eigenvalue weighted by atomic mass is 9.96. The molecule has 1 unspecified atom stereocenters. The molecule has 1 heterocycles. The van der Waals surface area contributed by atoms with Crippen molar-refractivity contribution in [3.05, 3.63) is 89.0 Å². The molecule has 3 aromatic carbocycles. The third kappa shape index (κ3) is 4.44. The van der Waals surface area contributed by atoms with Crippen molar-refractivity contribution >= 4 is 0 Å². The number of fused-ring (bicyclic) bond motifs is 1. The molecule has 0 aromatic heterocycles. The summed E-state index contributed by atoms with van der Waals surface area (Å²) in [5, 5.41) is 0. The SMILES string of the molecule is COc1cc2c(cc1OC)CN(C(C)c1cccc(OCc3ccccc3)c1)CC2. The quantitative estimate of drug-likeness (QED) is 0.528. The van der Waals surface area contributed by atoms with Gasteiger partial charge in [-0.3, -0.25) is 4.90 Å². The fraction of sp³-hybridized carbons (Fsp3) is 0.308. The predicted octanol–water partition coefficient (Wildman–Crippen LogP) is 5.40. The Bertz CT molecular complexity index is 987. The van der Waals surface area contributed by atoms with Crippen LogP contribution >= 0.6 is 0 Å². The van der Waals surface area contributed by atoms with Crippen LogP contribution in [0, 0.1) is 0 Å². The third-order valence-electron chi connectivity index (χ3n) is 5.88. The summed E-state index contributed by atoms with van der Waals surface area (Å²) in [6.07, 6.45) is 1.00. The van der Waals surface area contributed by atoms with Gasteiger partial charge in [-0.05, 0) is 59.9 Å². The summed E-state index contributed by atoms with van der Waals surface area (Å²) in [6.45, 7) is 4.75. The van der Waals surface area contributed by atoms with E-state index in [2.05, 4.69) is 54.3 Å². The topological polar surface area (TPSA) is 30.9 Å². The van der Waals surface area contributed by atoms with Crippen molar-refractivity contribution in [2.75, 3.05) is 20.8 Å². The molecular formula is C26H29NO3. The number of ether oxygens (including phenoxy) is 3. The monoisotopic (exact) mass is 403 g/mol. The first-order valence-electron chi connectivity index (χ1n) is 10.4. The second-order valence-electron chi connectivity index (χ2n) is 7.72. The maximum Gasteiger partial charge on any atom is 0.161 e. The minimum absolute atomic E-state index is 0.298. The second-order valence-corrected chi connectivity index (χ2v) is 7.72. The van der Waals surface area contributed by atoms with E-state index < -0.39 is 0 Å². The maximum absolute atomic E-state index is 6.03. The smallest absolute Gasteiger partial charge is 0.161 e. The van der Waals surface area contributed by atoms with Gasteiger partial charge in [-0.15, -0.1) is 0 Å². The number of rotatable bonds is 7. The molecule has 0 N–H and O–H groups in total. The molecule has 0 fully saturated rings. The normalized spacial score (nSPS) is 14.6. The number of hydrogen-bond acceptors (Lipinski definition) is 4. The van der Waals surface area contributed by atoms with Gasteiger partial charge in [-0.2, -0.15) is 0 Å². The summed E-state index contributed by atoms with van der Waals surface area (Å²) in [7, 11) is 3.38. The van der Waals surface area contributed by atoms with Gasteiger partial charge in [0.15, 0.2) is 11.5 Å². The first kappa shape index (κ1) is 20.3. The third-order valence-corrected chi connectivity index (χ3v) is 5.88. The molecule has 0 amide bonds.